The van der Waals surface area contributed by atoms with Crippen LogP contribution >= 0.6 is 24.0 Å². The normalized spacial score (nSPS) is 15.1. The second-order valence-electron chi connectivity index (χ2n) is 7.70. The standard InChI is InChI=1S/C24H20N2O4S2/c1-13-5-7-19(15(3)9-13)25-23(27)22(32-24(25)31)12-18-6-8-21(30-18)17-10-14(2)16(4)20(11-17)26(28)29/h5-12H,1-4H3/b22-12-. The number of amides is 1. The molecule has 6 nitrogen and oxygen atoms in total. The highest BCUT2D eigenvalue weighted by Crippen LogP contribution is 2.38. The molecule has 1 fully saturated rings. The number of carbonyl (C=O) groups is 1. The number of nitrogens with zero attached hydrogens (tertiary/aromatic N) is 2. The summed E-state index contributed by atoms with van der Waals surface area (Å²) in [5, 5.41) is 11.4. The van der Waals surface area contributed by atoms with Crippen LogP contribution in [0.25, 0.3) is 17.4 Å². The number of hydrogen-bond acceptors (Lipinski definition) is 6. The van der Waals surface area contributed by atoms with Crippen molar-refractivity contribution in [2.45, 2.75) is 27.7 Å². The van der Waals surface area contributed by atoms with Gasteiger partial charge in [0, 0.05) is 23.3 Å². The molecule has 0 N–H and O–H groups in total. The maximum atomic E-state index is 13.1. The van der Waals surface area contributed by atoms with Crippen molar-refractivity contribution < 1.29 is 14.1 Å². The molecule has 3 aromatic rings. The lowest BCUT2D eigenvalue weighted by Gasteiger charge is -2.17. The monoisotopic (exact) mass is 464 g/mol. The summed E-state index contributed by atoms with van der Waals surface area (Å²) in [6.07, 6.45) is 1.65. The SMILES string of the molecule is Cc1ccc(N2C(=O)/C(=C/c3ccc(-c4cc(C)c(C)c([N+](=O)[O-])c4)o3)SC2=S)c(C)c1. The van der Waals surface area contributed by atoms with E-state index in [4.69, 9.17) is 16.6 Å². The van der Waals surface area contributed by atoms with E-state index in [-0.39, 0.29) is 11.6 Å². The van der Waals surface area contributed by atoms with E-state index in [0.717, 1.165) is 22.4 Å². The quantitative estimate of drug-likeness (QED) is 0.190. The van der Waals surface area contributed by atoms with Gasteiger partial charge in [0.05, 0.1) is 15.5 Å². The largest absolute Gasteiger partial charge is 0.457 e. The van der Waals surface area contributed by atoms with Crippen molar-refractivity contribution in [1.82, 2.24) is 0 Å². The van der Waals surface area contributed by atoms with Crippen LogP contribution in [0.5, 0.6) is 0 Å². The number of anilines is 1. The van der Waals surface area contributed by atoms with Crippen molar-refractivity contribution in [3.8, 4) is 11.3 Å². The summed E-state index contributed by atoms with van der Waals surface area (Å²) in [7, 11) is 0. The van der Waals surface area contributed by atoms with Gasteiger partial charge in [0.25, 0.3) is 11.6 Å². The third-order valence-electron chi connectivity index (χ3n) is 5.41. The van der Waals surface area contributed by atoms with Gasteiger partial charge in [-0.3, -0.25) is 19.8 Å². The summed E-state index contributed by atoms with van der Waals surface area (Å²) >= 11 is 6.68. The minimum absolute atomic E-state index is 0.0484. The van der Waals surface area contributed by atoms with E-state index in [1.54, 1.807) is 25.1 Å². The molecule has 0 radical (unpaired) electrons. The number of nitro benzene ring substituents is 1. The number of carbonyl (C=O) groups excluding carboxylic acids is 1. The number of rotatable bonds is 4. The lowest BCUT2D eigenvalue weighted by atomic mass is 10.0. The zero-order valence-electron chi connectivity index (χ0n) is 18.0. The van der Waals surface area contributed by atoms with E-state index in [1.807, 2.05) is 45.0 Å². The van der Waals surface area contributed by atoms with Gasteiger partial charge < -0.3 is 4.42 Å². The lowest BCUT2D eigenvalue weighted by Crippen LogP contribution is -2.28. The van der Waals surface area contributed by atoms with Crippen molar-refractivity contribution in [1.29, 1.82) is 0 Å². The number of nitro groups is 1. The summed E-state index contributed by atoms with van der Waals surface area (Å²) in [5.41, 5.74) is 4.95. The first kappa shape index (κ1) is 22.0. The molecule has 0 unspecified atom stereocenters. The summed E-state index contributed by atoms with van der Waals surface area (Å²) in [6, 6.07) is 12.7. The van der Waals surface area contributed by atoms with Gasteiger partial charge in [0.1, 0.15) is 11.5 Å². The Morgan fingerprint density at radius 1 is 1.06 bits per heavy atom. The van der Waals surface area contributed by atoms with E-state index in [9.17, 15) is 14.9 Å². The van der Waals surface area contributed by atoms with Gasteiger partial charge in [-0.2, -0.15) is 0 Å². The zero-order valence-corrected chi connectivity index (χ0v) is 19.6. The second-order valence-corrected chi connectivity index (χ2v) is 9.38. The Labute approximate surface area is 195 Å². The van der Waals surface area contributed by atoms with Crippen LogP contribution in [0.4, 0.5) is 11.4 Å². The van der Waals surface area contributed by atoms with Crippen LogP contribution < -0.4 is 4.90 Å². The third-order valence-corrected chi connectivity index (χ3v) is 6.71. The van der Waals surface area contributed by atoms with Crippen molar-refractivity contribution >= 4 is 51.7 Å². The summed E-state index contributed by atoms with van der Waals surface area (Å²) in [6.45, 7) is 7.50. The van der Waals surface area contributed by atoms with Crippen molar-refractivity contribution in [3.63, 3.8) is 0 Å². The number of thiocarbonyl (C=S) groups is 1. The molecule has 8 heteroatoms. The van der Waals surface area contributed by atoms with Crippen LogP contribution in [-0.4, -0.2) is 15.2 Å². The summed E-state index contributed by atoms with van der Waals surface area (Å²) in [4.78, 5) is 26.0. The predicted molar refractivity (Wildman–Crippen MR) is 132 cm³/mol. The molecule has 2 heterocycles. The predicted octanol–water partition coefficient (Wildman–Crippen LogP) is 6.49. The Hall–Kier alpha value is -3.23. The van der Waals surface area contributed by atoms with E-state index in [2.05, 4.69) is 0 Å². The average Bonchev–Trinajstić information content (AvgIpc) is 3.29. The van der Waals surface area contributed by atoms with Crippen LogP contribution in [0.2, 0.25) is 0 Å². The number of hydrogen-bond donors (Lipinski definition) is 0. The minimum atomic E-state index is -0.395. The molecule has 1 aliphatic rings. The highest BCUT2D eigenvalue weighted by Gasteiger charge is 2.34. The second kappa shape index (κ2) is 8.37. The zero-order chi connectivity index (χ0) is 23.2. The molecule has 1 aliphatic heterocycles. The first-order valence-corrected chi connectivity index (χ1v) is 11.1. The molecule has 32 heavy (non-hydrogen) atoms. The summed E-state index contributed by atoms with van der Waals surface area (Å²) < 4.78 is 6.36. The van der Waals surface area contributed by atoms with Crippen LogP contribution in [0, 0.1) is 37.8 Å². The average molecular weight is 465 g/mol. The molecule has 1 saturated heterocycles. The fourth-order valence-corrected chi connectivity index (χ4v) is 4.88. The number of benzene rings is 2. The maximum absolute atomic E-state index is 13.1. The smallest absolute Gasteiger partial charge is 0.273 e. The Morgan fingerprint density at radius 2 is 1.81 bits per heavy atom. The van der Waals surface area contributed by atoms with Gasteiger partial charge in [-0.05, 0) is 63.1 Å². The van der Waals surface area contributed by atoms with Gasteiger partial charge in [0.15, 0.2) is 4.32 Å². The highest BCUT2D eigenvalue weighted by atomic mass is 32.2. The molecule has 0 spiro atoms. The van der Waals surface area contributed by atoms with Gasteiger partial charge >= 0.3 is 0 Å². The molecule has 0 atom stereocenters. The Kier molecular flexibility index (Phi) is 5.75. The van der Waals surface area contributed by atoms with Gasteiger partial charge in [0.2, 0.25) is 0 Å². The molecule has 0 saturated carbocycles. The lowest BCUT2D eigenvalue weighted by molar-refractivity contribution is -0.385. The molecule has 0 aliphatic carbocycles. The Bertz CT molecular complexity index is 1320. The van der Waals surface area contributed by atoms with Gasteiger partial charge in [-0.25, -0.2) is 0 Å². The minimum Gasteiger partial charge on any atom is -0.457 e. The fourth-order valence-electron chi connectivity index (χ4n) is 3.62. The van der Waals surface area contributed by atoms with E-state index >= 15 is 0 Å². The number of aryl methyl sites for hydroxylation is 3. The van der Waals surface area contributed by atoms with Crippen LogP contribution in [0.1, 0.15) is 28.0 Å². The van der Waals surface area contributed by atoms with Crippen LogP contribution in [-0.2, 0) is 4.79 Å². The van der Waals surface area contributed by atoms with Crippen LogP contribution in [0.3, 0.4) is 0 Å². The van der Waals surface area contributed by atoms with Crippen molar-refractivity contribution in [2.75, 3.05) is 4.90 Å². The van der Waals surface area contributed by atoms with E-state index < -0.39 is 4.92 Å². The topological polar surface area (TPSA) is 76.6 Å². The molecule has 2 aromatic carbocycles. The summed E-state index contributed by atoms with van der Waals surface area (Å²) in [5.74, 6) is 0.765. The molecule has 0 bridgehead atoms. The number of furan rings is 1. The molecule has 1 aromatic heterocycles. The number of thioether (sulfide) groups is 1. The first-order chi connectivity index (χ1) is 15.2. The fraction of sp³-hybridized carbons (Fsp3) is 0.167. The van der Waals surface area contributed by atoms with E-state index in [0.29, 0.717) is 31.9 Å². The molecule has 4 rings (SSSR count). The Balaban J connectivity index is 1.65. The molecular formula is C24H20N2O4S2. The molecule has 1 amide bonds. The van der Waals surface area contributed by atoms with Crippen molar-refractivity contribution in [3.05, 3.63) is 85.5 Å². The highest BCUT2D eigenvalue weighted by molar-refractivity contribution is 8.27. The third kappa shape index (κ3) is 3.99. The van der Waals surface area contributed by atoms with Crippen LogP contribution in [0.15, 0.2) is 51.8 Å². The van der Waals surface area contributed by atoms with Gasteiger partial charge in [-0.1, -0.05) is 41.7 Å². The van der Waals surface area contributed by atoms with Crippen molar-refractivity contribution in [2.24, 2.45) is 0 Å². The first-order valence-electron chi connectivity index (χ1n) is 9.87. The maximum Gasteiger partial charge on any atom is 0.273 e. The molecule has 162 valence electrons. The van der Waals surface area contributed by atoms with Gasteiger partial charge in [-0.15, -0.1) is 0 Å². The van der Waals surface area contributed by atoms with E-state index in [1.165, 1.54) is 22.7 Å². The Morgan fingerprint density at radius 3 is 2.50 bits per heavy atom. The molecular weight excluding hydrogens is 444 g/mol.